The standard InChI is InChI=1S/C19H20FN3S2/c1-12-7-8-14-15(11-24-17(14)9-12)18-21-22-19(23(18)2)25-10-13-5-3-4-6-16(13)20/h3-6,11-12H,7-10H2,1-2H3. The monoisotopic (exact) mass is 373 g/mol. The van der Waals surface area contributed by atoms with Crippen LogP contribution in [0, 0.1) is 11.7 Å². The highest BCUT2D eigenvalue weighted by molar-refractivity contribution is 7.98. The van der Waals surface area contributed by atoms with Crippen LogP contribution >= 0.6 is 23.1 Å². The summed E-state index contributed by atoms with van der Waals surface area (Å²) < 4.78 is 15.8. The van der Waals surface area contributed by atoms with Gasteiger partial charge in [-0.25, -0.2) is 4.39 Å². The van der Waals surface area contributed by atoms with Crippen LogP contribution in [0.2, 0.25) is 0 Å². The maximum atomic E-state index is 13.8. The van der Waals surface area contributed by atoms with Crippen LogP contribution in [0.3, 0.4) is 0 Å². The molecule has 0 bridgehead atoms. The number of nitrogens with zero attached hydrogens (tertiary/aromatic N) is 3. The van der Waals surface area contributed by atoms with Gasteiger partial charge in [-0.1, -0.05) is 36.9 Å². The summed E-state index contributed by atoms with van der Waals surface area (Å²) in [5, 5.41) is 11.8. The zero-order chi connectivity index (χ0) is 17.4. The van der Waals surface area contributed by atoms with Gasteiger partial charge in [0.05, 0.1) is 0 Å². The Kier molecular flexibility index (Phi) is 4.65. The van der Waals surface area contributed by atoms with Crippen LogP contribution in [-0.4, -0.2) is 14.8 Å². The highest BCUT2D eigenvalue weighted by atomic mass is 32.2. The third-order valence-electron chi connectivity index (χ3n) is 4.79. The first-order chi connectivity index (χ1) is 12.1. The fraction of sp³-hybridized carbons (Fsp3) is 0.368. The van der Waals surface area contributed by atoms with E-state index >= 15 is 0 Å². The molecule has 1 aliphatic rings. The van der Waals surface area contributed by atoms with Crippen LogP contribution in [0.25, 0.3) is 11.4 Å². The molecule has 25 heavy (non-hydrogen) atoms. The van der Waals surface area contributed by atoms with Crippen LogP contribution in [0.4, 0.5) is 4.39 Å². The van der Waals surface area contributed by atoms with Gasteiger partial charge in [0, 0.05) is 28.6 Å². The summed E-state index contributed by atoms with van der Waals surface area (Å²) in [5.74, 6) is 2.07. The van der Waals surface area contributed by atoms with Crippen molar-refractivity contribution in [3.63, 3.8) is 0 Å². The van der Waals surface area contributed by atoms with Crippen LogP contribution < -0.4 is 0 Å². The Labute approximate surface area is 155 Å². The molecule has 0 saturated carbocycles. The number of rotatable bonds is 4. The third kappa shape index (κ3) is 3.25. The van der Waals surface area contributed by atoms with Crippen molar-refractivity contribution >= 4 is 23.1 Å². The summed E-state index contributed by atoms with van der Waals surface area (Å²) in [5.41, 5.74) is 3.36. The van der Waals surface area contributed by atoms with Crippen molar-refractivity contribution in [3.05, 3.63) is 51.5 Å². The Bertz CT molecular complexity index is 900. The minimum Gasteiger partial charge on any atom is -0.305 e. The van der Waals surface area contributed by atoms with Crippen molar-refractivity contribution in [2.24, 2.45) is 13.0 Å². The summed E-state index contributed by atoms with van der Waals surface area (Å²) in [6.07, 6.45) is 3.54. The normalized spacial score (nSPS) is 16.8. The van der Waals surface area contributed by atoms with Crippen molar-refractivity contribution in [2.75, 3.05) is 0 Å². The van der Waals surface area contributed by atoms with Gasteiger partial charge in [-0.2, -0.15) is 0 Å². The zero-order valence-corrected chi connectivity index (χ0v) is 16.0. The van der Waals surface area contributed by atoms with Gasteiger partial charge < -0.3 is 4.57 Å². The molecule has 1 aromatic carbocycles. The predicted molar refractivity (Wildman–Crippen MR) is 101 cm³/mol. The number of fused-ring (bicyclic) bond motifs is 1. The second-order valence-corrected chi connectivity index (χ2v) is 8.55. The molecule has 3 aromatic rings. The highest BCUT2D eigenvalue weighted by Gasteiger charge is 2.23. The number of thiophene rings is 1. The SMILES string of the molecule is CC1CCc2c(-c3nnc(SCc4ccccc4F)n3C)csc2C1. The molecule has 1 unspecified atom stereocenters. The summed E-state index contributed by atoms with van der Waals surface area (Å²) in [7, 11) is 1.99. The molecule has 0 saturated heterocycles. The lowest BCUT2D eigenvalue weighted by Crippen LogP contribution is -2.09. The summed E-state index contributed by atoms with van der Waals surface area (Å²) in [6, 6.07) is 6.89. The molecule has 4 rings (SSSR count). The molecule has 0 N–H and O–H groups in total. The topological polar surface area (TPSA) is 30.7 Å². The summed E-state index contributed by atoms with van der Waals surface area (Å²) in [6.45, 7) is 2.32. The second-order valence-electron chi connectivity index (χ2n) is 6.64. The quantitative estimate of drug-likeness (QED) is 0.596. The Morgan fingerprint density at radius 1 is 1.32 bits per heavy atom. The fourth-order valence-corrected chi connectivity index (χ4v) is 5.44. The lowest BCUT2D eigenvalue weighted by molar-refractivity contribution is 0.508. The molecule has 0 amide bonds. The number of benzene rings is 1. The molecule has 0 aliphatic heterocycles. The molecule has 1 atom stereocenters. The van der Waals surface area contributed by atoms with E-state index in [1.54, 1.807) is 6.07 Å². The third-order valence-corrected chi connectivity index (χ3v) is 6.91. The van der Waals surface area contributed by atoms with E-state index in [-0.39, 0.29) is 5.82 Å². The molecule has 0 spiro atoms. The van der Waals surface area contributed by atoms with Crippen LogP contribution in [-0.2, 0) is 25.6 Å². The van der Waals surface area contributed by atoms with E-state index in [9.17, 15) is 4.39 Å². The second kappa shape index (κ2) is 6.92. The van der Waals surface area contributed by atoms with Crippen molar-refractivity contribution in [3.8, 4) is 11.4 Å². The van der Waals surface area contributed by atoms with Crippen molar-refractivity contribution in [1.82, 2.24) is 14.8 Å². The van der Waals surface area contributed by atoms with Gasteiger partial charge in [-0.05, 0) is 42.4 Å². The Hall–Kier alpha value is -1.66. The molecule has 0 radical (unpaired) electrons. The number of aromatic nitrogens is 3. The lowest BCUT2D eigenvalue weighted by Gasteiger charge is -2.18. The first kappa shape index (κ1) is 16.8. The number of hydrogen-bond acceptors (Lipinski definition) is 4. The zero-order valence-electron chi connectivity index (χ0n) is 14.3. The lowest BCUT2D eigenvalue weighted by atomic mass is 9.88. The van der Waals surface area contributed by atoms with Crippen molar-refractivity contribution in [1.29, 1.82) is 0 Å². The minimum absolute atomic E-state index is 0.168. The van der Waals surface area contributed by atoms with E-state index in [4.69, 9.17) is 0 Å². The molecule has 2 heterocycles. The maximum Gasteiger partial charge on any atom is 0.191 e. The Balaban J connectivity index is 1.57. The summed E-state index contributed by atoms with van der Waals surface area (Å²) >= 11 is 3.37. The van der Waals surface area contributed by atoms with Crippen LogP contribution in [0.15, 0.2) is 34.8 Å². The van der Waals surface area contributed by atoms with Crippen LogP contribution in [0.5, 0.6) is 0 Å². The van der Waals surface area contributed by atoms with Gasteiger partial charge >= 0.3 is 0 Å². The number of thioether (sulfide) groups is 1. The smallest absolute Gasteiger partial charge is 0.191 e. The average molecular weight is 374 g/mol. The number of halogens is 1. The molecule has 1 aliphatic carbocycles. The molecule has 0 fully saturated rings. The highest BCUT2D eigenvalue weighted by Crippen LogP contribution is 2.38. The largest absolute Gasteiger partial charge is 0.305 e. The van der Waals surface area contributed by atoms with Gasteiger partial charge in [0.2, 0.25) is 0 Å². The molecule has 6 heteroatoms. The van der Waals surface area contributed by atoms with E-state index in [2.05, 4.69) is 22.5 Å². The Morgan fingerprint density at radius 3 is 3.00 bits per heavy atom. The van der Waals surface area contributed by atoms with E-state index in [1.165, 1.54) is 46.7 Å². The van der Waals surface area contributed by atoms with Gasteiger partial charge in [-0.15, -0.1) is 21.5 Å². The molecular weight excluding hydrogens is 353 g/mol. The molecular formula is C19H20FN3S2. The fourth-order valence-electron chi connectivity index (χ4n) is 3.30. The summed E-state index contributed by atoms with van der Waals surface area (Å²) in [4.78, 5) is 1.50. The molecule has 3 nitrogen and oxygen atoms in total. The van der Waals surface area contributed by atoms with Crippen molar-refractivity contribution in [2.45, 2.75) is 37.1 Å². The molecule has 2 aromatic heterocycles. The predicted octanol–water partition coefficient (Wildman–Crippen LogP) is 5.10. The van der Waals surface area contributed by atoms with Gasteiger partial charge in [-0.3, -0.25) is 0 Å². The van der Waals surface area contributed by atoms with Gasteiger partial charge in [0.15, 0.2) is 11.0 Å². The van der Waals surface area contributed by atoms with E-state index in [0.29, 0.717) is 11.3 Å². The van der Waals surface area contributed by atoms with E-state index < -0.39 is 0 Å². The van der Waals surface area contributed by atoms with Crippen LogP contribution in [0.1, 0.15) is 29.3 Å². The average Bonchev–Trinajstić information content (AvgIpc) is 3.17. The Morgan fingerprint density at radius 2 is 2.16 bits per heavy atom. The van der Waals surface area contributed by atoms with Gasteiger partial charge in [0.1, 0.15) is 5.82 Å². The molecule has 130 valence electrons. The van der Waals surface area contributed by atoms with E-state index in [0.717, 1.165) is 23.3 Å². The maximum absolute atomic E-state index is 13.8. The van der Waals surface area contributed by atoms with Gasteiger partial charge in [0.25, 0.3) is 0 Å². The van der Waals surface area contributed by atoms with E-state index in [1.807, 2.05) is 35.1 Å². The first-order valence-electron chi connectivity index (χ1n) is 8.48. The minimum atomic E-state index is -0.168. The number of hydrogen-bond donors (Lipinski definition) is 0. The van der Waals surface area contributed by atoms with Crippen molar-refractivity contribution < 1.29 is 4.39 Å². The first-order valence-corrected chi connectivity index (χ1v) is 10.3.